The van der Waals surface area contributed by atoms with Gasteiger partial charge in [-0.25, -0.2) is 0 Å². The Bertz CT molecular complexity index is 529. The highest BCUT2D eigenvalue weighted by Crippen LogP contribution is 2.28. The van der Waals surface area contributed by atoms with Crippen LogP contribution in [0.2, 0.25) is 0 Å². The van der Waals surface area contributed by atoms with Crippen LogP contribution in [0, 0.1) is 20.8 Å². The van der Waals surface area contributed by atoms with Crippen LogP contribution in [0.15, 0.2) is 16.7 Å². The smallest absolute Gasteiger partial charge is 0.223 e. The first-order valence-electron chi connectivity index (χ1n) is 5.72. The van der Waals surface area contributed by atoms with Crippen LogP contribution >= 0.6 is 15.9 Å². The lowest BCUT2D eigenvalue weighted by atomic mass is 10.1. The van der Waals surface area contributed by atoms with Crippen molar-refractivity contribution in [3.63, 3.8) is 0 Å². The number of hydrogen-bond acceptors (Lipinski definition) is 4. The van der Waals surface area contributed by atoms with E-state index in [0.29, 0.717) is 18.3 Å². The highest BCUT2D eigenvalue weighted by molar-refractivity contribution is 9.09. The number of nitrogens with zero attached hydrogens (tertiary/aromatic N) is 2. The summed E-state index contributed by atoms with van der Waals surface area (Å²) in [4.78, 5) is 4.23. The SMILES string of the molecule is Cc1nc(-c2cc(C)c(OCCBr)c(C)c2)no1. The van der Waals surface area contributed by atoms with Gasteiger partial charge in [0.15, 0.2) is 0 Å². The van der Waals surface area contributed by atoms with Crippen LogP contribution in [0.1, 0.15) is 17.0 Å². The first-order chi connectivity index (χ1) is 8.61. The average Bonchev–Trinajstić information content (AvgIpc) is 2.75. The van der Waals surface area contributed by atoms with Crippen LogP contribution in [0.25, 0.3) is 11.4 Å². The molecule has 0 aliphatic rings. The predicted octanol–water partition coefficient (Wildman–Crippen LogP) is 3.44. The second kappa shape index (κ2) is 5.52. The van der Waals surface area contributed by atoms with E-state index in [1.54, 1.807) is 6.92 Å². The highest BCUT2D eigenvalue weighted by Gasteiger charge is 2.11. The molecular weight excluding hydrogens is 296 g/mol. The maximum Gasteiger partial charge on any atom is 0.223 e. The summed E-state index contributed by atoms with van der Waals surface area (Å²) in [6, 6.07) is 4.03. The van der Waals surface area contributed by atoms with Crippen LogP contribution in [-0.2, 0) is 0 Å². The first kappa shape index (κ1) is 13.1. The summed E-state index contributed by atoms with van der Waals surface area (Å²) in [5.74, 6) is 2.11. The van der Waals surface area contributed by atoms with Crippen molar-refractivity contribution in [2.24, 2.45) is 0 Å². The molecule has 0 saturated heterocycles. The molecule has 0 radical (unpaired) electrons. The minimum atomic E-state index is 0.569. The van der Waals surface area contributed by atoms with Gasteiger partial charge in [0.25, 0.3) is 0 Å². The Labute approximate surface area is 114 Å². The highest BCUT2D eigenvalue weighted by atomic mass is 79.9. The zero-order chi connectivity index (χ0) is 13.1. The number of aromatic nitrogens is 2. The summed E-state index contributed by atoms with van der Waals surface area (Å²) in [5.41, 5.74) is 3.11. The van der Waals surface area contributed by atoms with Gasteiger partial charge in [-0.1, -0.05) is 21.1 Å². The second-order valence-corrected chi connectivity index (χ2v) is 4.91. The molecule has 18 heavy (non-hydrogen) atoms. The zero-order valence-corrected chi connectivity index (χ0v) is 12.2. The standard InChI is InChI=1S/C13H15BrN2O2/c1-8-6-11(13-15-10(3)18-16-13)7-9(2)12(8)17-5-4-14/h6-7H,4-5H2,1-3H3. The van der Waals surface area contributed by atoms with Gasteiger partial charge in [0.05, 0.1) is 6.61 Å². The van der Waals surface area contributed by atoms with Gasteiger partial charge in [-0.2, -0.15) is 4.98 Å². The summed E-state index contributed by atoms with van der Waals surface area (Å²) >= 11 is 3.35. The van der Waals surface area contributed by atoms with Gasteiger partial charge in [-0.3, -0.25) is 0 Å². The van der Waals surface area contributed by atoms with Crippen molar-refractivity contribution in [2.45, 2.75) is 20.8 Å². The van der Waals surface area contributed by atoms with Gasteiger partial charge < -0.3 is 9.26 Å². The summed E-state index contributed by atoms with van der Waals surface area (Å²) in [6.07, 6.45) is 0. The number of alkyl halides is 1. The van der Waals surface area contributed by atoms with E-state index in [1.807, 2.05) is 26.0 Å². The van der Waals surface area contributed by atoms with Crippen LogP contribution in [0.3, 0.4) is 0 Å². The maximum absolute atomic E-state index is 5.70. The number of halogens is 1. The molecule has 1 aromatic heterocycles. The fourth-order valence-corrected chi connectivity index (χ4v) is 2.03. The summed E-state index contributed by atoms with van der Waals surface area (Å²) < 4.78 is 10.7. The molecule has 1 heterocycles. The topological polar surface area (TPSA) is 48.2 Å². The summed E-state index contributed by atoms with van der Waals surface area (Å²) in [5, 5.41) is 4.74. The third kappa shape index (κ3) is 2.72. The minimum Gasteiger partial charge on any atom is -0.492 e. The first-order valence-corrected chi connectivity index (χ1v) is 6.84. The van der Waals surface area contributed by atoms with Crippen molar-refractivity contribution in [3.05, 3.63) is 29.2 Å². The lowest BCUT2D eigenvalue weighted by Gasteiger charge is -2.12. The molecule has 0 aliphatic heterocycles. The van der Waals surface area contributed by atoms with Crippen LogP contribution in [0.4, 0.5) is 0 Å². The number of aryl methyl sites for hydroxylation is 3. The van der Waals surface area contributed by atoms with E-state index in [1.165, 1.54) is 0 Å². The monoisotopic (exact) mass is 310 g/mol. The van der Waals surface area contributed by atoms with Crippen LogP contribution in [0.5, 0.6) is 5.75 Å². The molecular formula is C13H15BrN2O2. The van der Waals surface area contributed by atoms with Gasteiger partial charge in [0.1, 0.15) is 5.75 Å². The Morgan fingerprint density at radius 1 is 1.22 bits per heavy atom. The largest absolute Gasteiger partial charge is 0.492 e. The van der Waals surface area contributed by atoms with Gasteiger partial charge in [0, 0.05) is 17.8 Å². The lowest BCUT2D eigenvalue weighted by Crippen LogP contribution is -2.01. The summed E-state index contributed by atoms with van der Waals surface area (Å²) in [7, 11) is 0. The average molecular weight is 311 g/mol. The third-order valence-electron chi connectivity index (χ3n) is 2.57. The van der Waals surface area contributed by atoms with Crippen molar-refractivity contribution in [3.8, 4) is 17.1 Å². The fraction of sp³-hybridized carbons (Fsp3) is 0.385. The Morgan fingerprint density at radius 3 is 2.39 bits per heavy atom. The molecule has 0 saturated carbocycles. The molecule has 1 aromatic carbocycles. The van der Waals surface area contributed by atoms with Gasteiger partial charge >= 0.3 is 0 Å². The van der Waals surface area contributed by atoms with Gasteiger partial charge in [-0.15, -0.1) is 0 Å². The molecule has 0 amide bonds. The van der Waals surface area contributed by atoms with Gasteiger partial charge in [0.2, 0.25) is 11.7 Å². The molecule has 2 aromatic rings. The second-order valence-electron chi connectivity index (χ2n) is 4.11. The Hall–Kier alpha value is -1.36. The van der Waals surface area contributed by atoms with E-state index in [4.69, 9.17) is 9.26 Å². The zero-order valence-electron chi connectivity index (χ0n) is 10.7. The molecule has 0 N–H and O–H groups in total. The minimum absolute atomic E-state index is 0.569. The van der Waals surface area contributed by atoms with E-state index in [0.717, 1.165) is 27.8 Å². The van der Waals surface area contributed by atoms with Crippen LogP contribution < -0.4 is 4.74 Å². The van der Waals surface area contributed by atoms with Crippen molar-refractivity contribution in [1.82, 2.24) is 10.1 Å². The van der Waals surface area contributed by atoms with E-state index in [9.17, 15) is 0 Å². The van der Waals surface area contributed by atoms with Crippen molar-refractivity contribution in [2.75, 3.05) is 11.9 Å². The molecule has 4 nitrogen and oxygen atoms in total. The molecule has 0 aliphatic carbocycles. The molecule has 2 rings (SSSR count). The number of benzene rings is 1. The molecule has 5 heteroatoms. The molecule has 0 unspecified atom stereocenters. The lowest BCUT2D eigenvalue weighted by molar-refractivity contribution is 0.340. The molecule has 0 bridgehead atoms. The molecule has 0 spiro atoms. The Morgan fingerprint density at radius 2 is 1.89 bits per heavy atom. The maximum atomic E-state index is 5.70. The molecule has 0 fully saturated rings. The fourth-order valence-electron chi connectivity index (χ4n) is 1.86. The van der Waals surface area contributed by atoms with Crippen LogP contribution in [-0.4, -0.2) is 22.1 Å². The van der Waals surface area contributed by atoms with E-state index in [2.05, 4.69) is 26.1 Å². The predicted molar refractivity (Wildman–Crippen MR) is 73.2 cm³/mol. The van der Waals surface area contributed by atoms with E-state index in [-0.39, 0.29) is 0 Å². The molecule has 0 atom stereocenters. The number of hydrogen-bond donors (Lipinski definition) is 0. The van der Waals surface area contributed by atoms with Gasteiger partial charge in [-0.05, 0) is 37.1 Å². The number of ether oxygens (including phenoxy) is 1. The van der Waals surface area contributed by atoms with Crippen molar-refractivity contribution < 1.29 is 9.26 Å². The Kier molecular flexibility index (Phi) is 4.01. The third-order valence-corrected chi connectivity index (χ3v) is 2.89. The number of rotatable bonds is 4. The van der Waals surface area contributed by atoms with E-state index < -0.39 is 0 Å². The van der Waals surface area contributed by atoms with Crippen molar-refractivity contribution in [1.29, 1.82) is 0 Å². The normalized spacial score (nSPS) is 10.7. The van der Waals surface area contributed by atoms with E-state index >= 15 is 0 Å². The van der Waals surface area contributed by atoms with Crippen molar-refractivity contribution >= 4 is 15.9 Å². The molecule has 96 valence electrons. The quantitative estimate of drug-likeness (QED) is 0.812. The summed E-state index contributed by atoms with van der Waals surface area (Å²) in [6.45, 7) is 6.48. The Balaban J connectivity index is 2.36.